The molecule has 0 unspecified atom stereocenters. The van der Waals surface area contributed by atoms with Crippen LogP contribution >= 0.6 is 0 Å². The maximum absolute atomic E-state index is 12.8. The van der Waals surface area contributed by atoms with Crippen molar-refractivity contribution in [3.8, 4) is 0 Å². The summed E-state index contributed by atoms with van der Waals surface area (Å²) < 4.78 is 0. The number of benzene rings is 1. The first-order valence-electron chi connectivity index (χ1n) is 12.4. The van der Waals surface area contributed by atoms with Crippen LogP contribution in [0, 0.1) is 0 Å². The van der Waals surface area contributed by atoms with Crippen LogP contribution in [-0.4, -0.2) is 17.3 Å². The Balaban J connectivity index is 1.43. The molecule has 7 rings (SSSR count). The summed E-state index contributed by atoms with van der Waals surface area (Å²) in [5.74, 6) is 0.736. The highest BCUT2D eigenvalue weighted by atomic mass is 16.1. The fourth-order valence-corrected chi connectivity index (χ4v) is 6.60. The molecule has 6 nitrogen and oxygen atoms in total. The van der Waals surface area contributed by atoms with E-state index in [1.54, 1.807) is 0 Å². The predicted molar refractivity (Wildman–Crippen MR) is 126 cm³/mol. The molecule has 3 aliphatic carbocycles. The van der Waals surface area contributed by atoms with E-state index in [2.05, 4.69) is 16.0 Å². The number of hydrogen-bond donors (Lipinski definition) is 3. The molecule has 0 atom stereocenters. The van der Waals surface area contributed by atoms with E-state index in [0.29, 0.717) is 38.5 Å². The van der Waals surface area contributed by atoms with Gasteiger partial charge in [0.15, 0.2) is 17.3 Å². The van der Waals surface area contributed by atoms with Gasteiger partial charge in [0.05, 0.1) is 0 Å². The zero-order chi connectivity index (χ0) is 22.3. The largest absolute Gasteiger partial charge is 0.358 e. The Morgan fingerprint density at radius 3 is 1.03 bits per heavy atom. The monoisotopic (exact) mass is 441 g/mol. The molecule has 0 saturated carbocycles. The fraction of sp³-hybridized carbons (Fsp3) is 0.444. The SMILES string of the molecule is O=C1CCCC2=C1Cc1c(c3c(c4c1NC1=C(C4)C(=O)CCC1)NC1=C(C3)C(=O)CCC1)N2. The number of anilines is 3. The van der Waals surface area contributed by atoms with Crippen LogP contribution in [0.25, 0.3) is 0 Å². The molecule has 1 aromatic rings. The van der Waals surface area contributed by atoms with Crippen LogP contribution in [-0.2, 0) is 33.6 Å². The lowest BCUT2D eigenvalue weighted by Crippen LogP contribution is -2.31. The number of fused-ring (bicyclic) bond motifs is 6. The van der Waals surface area contributed by atoms with Gasteiger partial charge in [-0.1, -0.05) is 0 Å². The number of allylic oxidation sites excluding steroid dienone is 6. The summed E-state index contributed by atoms with van der Waals surface area (Å²) >= 11 is 0. The zero-order valence-electron chi connectivity index (χ0n) is 18.7. The third kappa shape index (κ3) is 2.76. The quantitative estimate of drug-likeness (QED) is 0.545. The highest BCUT2D eigenvalue weighted by Crippen LogP contribution is 2.51. The van der Waals surface area contributed by atoms with Crippen LogP contribution in [0.5, 0.6) is 0 Å². The maximum atomic E-state index is 12.8. The summed E-state index contributed by atoms with van der Waals surface area (Å²) in [5, 5.41) is 11.0. The maximum Gasteiger partial charge on any atom is 0.160 e. The second-order valence-corrected chi connectivity index (χ2v) is 10.2. The van der Waals surface area contributed by atoms with Gasteiger partial charge < -0.3 is 16.0 Å². The van der Waals surface area contributed by atoms with Gasteiger partial charge in [-0.05, 0) is 38.5 Å². The summed E-state index contributed by atoms with van der Waals surface area (Å²) in [7, 11) is 0. The highest BCUT2D eigenvalue weighted by molar-refractivity contribution is 6.05. The minimum absolute atomic E-state index is 0.245. The average molecular weight is 442 g/mol. The second kappa shape index (κ2) is 6.92. The summed E-state index contributed by atoms with van der Waals surface area (Å²) in [6.07, 6.45) is 9.05. The number of rotatable bonds is 0. The summed E-state index contributed by atoms with van der Waals surface area (Å²) in [6.45, 7) is 0. The van der Waals surface area contributed by atoms with Crippen LogP contribution in [0.4, 0.5) is 17.1 Å². The molecule has 3 aliphatic heterocycles. The minimum atomic E-state index is 0.245. The third-order valence-electron chi connectivity index (χ3n) is 8.29. The van der Waals surface area contributed by atoms with E-state index in [1.165, 1.54) is 0 Å². The average Bonchev–Trinajstić information content (AvgIpc) is 2.82. The molecule has 0 bridgehead atoms. The zero-order valence-corrected chi connectivity index (χ0v) is 18.7. The van der Waals surface area contributed by atoms with Gasteiger partial charge in [-0.3, -0.25) is 14.4 Å². The van der Waals surface area contributed by atoms with E-state index >= 15 is 0 Å². The van der Waals surface area contributed by atoms with Crippen molar-refractivity contribution in [2.45, 2.75) is 77.0 Å². The van der Waals surface area contributed by atoms with Crippen LogP contribution in [0.3, 0.4) is 0 Å². The first-order chi connectivity index (χ1) is 16.1. The lowest BCUT2D eigenvalue weighted by atomic mass is 9.77. The molecule has 6 aliphatic rings. The Labute approximate surface area is 192 Å². The van der Waals surface area contributed by atoms with Crippen molar-refractivity contribution in [1.29, 1.82) is 0 Å². The molecular weight excluding hydrogens is 414 g/mol. The molecule has 33 heavy (non-hydrogen) atoms. The molecule has 1 aromatic carbocycles. The molecule has 0 saturated heterocycles. The van der Waals surface area contributed by atoms with Crippen LogP contribution in [0.1, 0.15) is 74.5 Å². The van der Waals surface area contributed by atoms with Gasteiger partial charge in [0.1, 0.15) is 0 Å². The molecule has 3 N–H and O–H groups in total. The number of nitrogens with one attached hydrogen (secondary N) is 3. The summed E-state index contributed by atoms with van der Waals surface area (Å²) in [6, 6.07) is 0. The molecule has 6 heteroatoms. The topological polar surface area (TPSA) is 87.3 Å². The van der Waals surface area contributed by atoms with Crippen molar-refractivity contribution >= 4 is 34.4 Å². The van der Waals surface area contributed by atoms with E-state index in [-0.39, 0.29) is 17.3 Å². The number of carbonyl (C=O) groups is 3. The van der Waals surface area contributed by atoms with Crippen LogP contribution in [0.15, 0.2) is 33.8 Å². The first kappa shape index (κ1) is 19.3. The van der Waals surface area contributed by atoms with Gasteiger partial charge in [-0.15, -0.1) is 0 Å². The van der Waals surface area contributed by atoms with Crippen molar-refractivity contribution in [3.63, 3.8) is 0 Å². The van der Waals surface area contributed by atoms with E-state index in [9.17, 15) is 14.4 Å². The van der Waals surface area contributed by atoms with E-state index in [0.717, 1.165) is 106 Å². The molecular formula is C27H27N3O3. The smallest absolute Gasteiger partial charge is 0.160 e. The van der Waals surface area contributed by atoms with E-state index in [4.69, 9.17) is 0 Å². The molecule has 168 valence electrons. The molecule has 3 heterocycles. The Morgan fingerprint density at radius 1 is 0.424 bits per heavy atom. The summed E-state index contributed by atoms with van der Waals surface area (Å²) in [4.78, 5) is 38.3. The van der Waals surface area contributed by atoms with Gasteiger partial charge >= 0.3 is 0 Å². The number of ketones is 3. The molecule has 0 spiro atoms. The molecule has 0 radical (unpaired) electrons. The van der Waals surface area contributed by atoms with Crippen molar-refractivity contribution in [2.24, 2.45) is 0 Å². The minimum Gasteiger partial charge on any atom is -0.358 e. The van der Waals surface area contributed by atoms with E-state index in [1.807, 2.05) is 0 Å². The van der Waals surface area contributed by atoms with E-state index < -0.39 is 0 Å². The Morgan fingerprint density at radius 2 is 0.727 bits per heavy atom. The predicted octanol–water partition coefficient (Wildman–Crippen LogP) is 4.61. The van der Waals surface area contributed by atoms with Crippen molar-refractivity contribution in [2.75, 3.05) is 16.0 Å². The fourth-order valence-electron chi connectivity index (χ4n) is 6.60. The number of Topliss-reactive ketones (excluding diaryl/α,β-unsaturated/α-hetero) is 3. The lowest BCUT2D eigenvalue weighted by molar-refractivity contribution is -0.116. The van der Waals surface area contributed by atoms with Gasteiger partial charge in [-0.25, -0.2) is 0 Å². The van der Waals surface area contributed by atoms with Crippen LogP contribution in [0.2, 0.25) is 0 Å². The standard InChI is InChI=1S/C27H27N3O3/c31-22-7-1-4-19-13(22)10-16-25(28-19)17-11-14-20(5-2-8-23(14)32)30-27(17)18-12-15-21(29-26(16)18)6-3-9-24(15)33/h28-30H,1-12H2. The van der Waals surface area contributed by atoms with Crippen LogP contribution < -0.4 is 16.0 Å². The van der Waals surface area contributed by atoms with Gasteiger partial charge in [0.2, 0.25) is 0 Å². The Kier molecular flexibility index (Phi) is 4.06. The Hall–Kier alpha value is -3.15. The molecule has 0 aromatic heterocycles. The number of carbonyl (C=O) groups excluding carboxylic acids is 3. The van der Waals surface area contributed by atoms with Gasteiger partial charge in [0.25, 0.3) is 0 Å². The van der Waals surface area contributed by atoms with Gasteiger partial charge in [-0.2, -0.15) is 0 Å². The normalized spacial score (nSPS) is 23.5. The lowest BCUT2D eigenvalue weighted by Gasteiger charge is -2.39. The van der Waals surface area contributed by atoms with Crippen molar-refractivity contribution in [1.82, 2.24) is 0 Å². The van der Waals surface area contributed by atoms with Crippen molar-refractivity contribution in [3.05, 3.63) is 50.5 Å². The molecule has 0 fully saturated rings. The summed E-state index contributed by atoms with van der Waals surface area (Å²) in [5.41, 5.74) is 12.5. The Bertz CT molecular complexity index is 1120. The van der Waals surface area contributed by atoms with Crippen molar-refractivity contribution < 1.29 is 14.4 Å². The second-order valence-electron chi connectivity index (χ2n) is 10.2. The highest BCUT2D eigenvalue weighted by Gasteiger charge is 2.38. The third-order valence-corrected chi connectivity index (χ3v) is 8.29. The number of hydrogen-bond acceptors (Lipinski definition) is 6. The van der Waals surface area contributed by atoms with Gasteiger partial charge in [0, 0.05) is 106 Å². The first-order valence-corrected chi connectivity index (χ1v) is 12.4. The molecule has 0 amide bonds.